The smallest absolute Gasteiger partial charge is 0.386 e. The van der Waals surface area contributed by atoms with Gasteiger partial charge in [0.1, 0.15) is 5.82 Å². The van der Waals surface area contributed by atoms with E-state index in [1.54, 1.807) is 17.0 Å². The van der Waals surface area contributed by atoms with Gasteiger partial charge in [-0.05, 0) is 24.5 Å². The van der Waals surface area contributed by atoms with E-state index < -0.39 is 29.6 Å². The van der Waals surface area contributed by atoms with Crippen LogP contribution in [0.5, 0.6) is 0 Å². The first-order valence-corrected chi connectivity index (χ1v) is 11.0. The molecule has 4 rings (SSSR count). The molecular formula is C21H20F4N2O4S. The molecule has 1 fully saturated rings. The molecule has 0 N–H and O–H groups in total. The normalized spacial score (nSPS) is 19.0. The number of thiazole rings is 1. The van der Waals surface area contributed by atoms with Crippen LogP contribution in [0.1, 0.15) is 29.7 Å². The second kappa shape index (κ2) is 8.87. The summed E-state index contributed by atoms with van der Waals surface area (Å²) in [5, 5.41) is 1.68. The van der Waals surface area contributed by atoms with E-state index in [0.717, 1.165) is 5.56 Å². The zero-order chi connectivity index (χ0) is 22.9. The number of fused-ring (bicyclic) bond motifs is 2. The van der Waals surface area contributed by atoms with Crippen LogP contribution in [0.25, 0.3) is 0 Å². The zero-order valence-electron chi connectivity index (χ0n) is 16.9. The van der Waals surface area contributed by atoms with Crippen molar-refractivity contribution in [3.8, 4) is 0 Å². The Morgan fingerprint density at radius 3 is 2.69 bits per heavy atom. The summed E-state index contributed by atoms with van der Waals surface area (Å²) in [5.41, 5.74) is 2.71. The minimum Gasteiger partial charge on any atom is -0.386 e. The first-order valence-electron chi connectivity index (χ1n) is 10.0. The number of piperidine rings is 1. The lowest BCUT2D eigenvalue weighted by atomic mass is 9.83. The average Bonchev–Trinajstić information content (AvgIpc) is 3.38. The molecule has 0 aliphatic carbocycles. The van der Waals surface area contributed by atoms with Crippen LogP contribution in [-0.4, -0.2) is 47.6 Å². The Morgan fingerprint density at radius 2 is 2.03 bits per heavy atom. The van der Waals surface area contributed by atoms with Gasteiger partial charge >= 0.3 is 18.1 Å². The molecule has 1 unspecified atom stereocenters. The molecule has 172 valence electrons. The highest BCUT2D eigenvalue weighted by Crippen LogP contribution is 2.45. The summed E-state index contributed by atoms with van der Waals surface area (Å²) < 4.78 is 62.2. The predicted octanol–water partition coefficient (Wildman–Crippen LogP) is 3.59. The van der Waals surface area contributed by atoms with Crippen LogP contribution < -0.4 is 0 Å². The molecule has 1 spiro atoms. The van der Waals surface area contributed by atoms with Crippen molar-refractivity contribution >= 4 is 23.3 Å². The van der Waals surface area contributed by atoms with Gasteiger partial charge in [0.15, 0.2) is 0 Å². The van der Waals surface area contributed by atoms with Crippen molar-refractivity contribution in [2.75, 3.05) is 19.6 Å². The Labute approximate surface area is 185 Å². The summed E-state index contributed by atoms with van der Waals surface area (Å²) in [6, 6.07) is 4.87. The lowest BCUT2D eigenvalue weighted by Gasteiger charge is -2.40. The van der Waals surface area contributed by atoms with Gasteiger partial charge in [-0.25, -0.2) is 14.2 Å². The van der Waals surface area contributed by atoms with E-state index in [1.165, 1.54) is 17.4 Å². The third kappa shape index (κ3) is 4.69. The summed E-state index contributed by atoms with van der Waals surface area (Å²) in [6.45, 7) is 1.30. The van der Waals surface area contributed by atoms with E-state index in [9.17, 15) is 27.2 Å². The number of ether oxygens (including phenoxy) is 2. The Balaban J connectivity index is 1.44. The quantitative estimate of drug-likeness (QED) is 0.376. The summed E-state index contributed by atoms with van der Waals surface area (Å²) in [6.07, 6.45) is -4.26. The van der Waals surface area contributed by atoms with Gasteiger partial charge in [0.2, 0.25) is 0 Å². The Hall–Kier alpha value is -2.37. The van der Waals surface area contributed by atoms with E-state index in [1.807, 2.05) is 11.0 Å². The fraction of sp³-hybridized carbons (Fsp3) is 0.476. The topological polar surface area (TPSA) is 68.7 Å². The van der Waals surface area contributed by atoms with E-state index in [0.29, 0.717) is 43.8 Å². The second-order valence-corrected chi connectivity index (χ2v) is 8.66. The summed E-state index contributed by atoms with van der Waals surface area (Å²) in [5.74, 6) is -5.10. The minimum atomic E-state index is -5.25. The van der Waals surface area contributed by atoms with Crippen molar-refractivity contribution in [3.05, 3.63) is 51.7 Å². The molecule has 32 heavy (non-hydrogen) atoms. The van der Waals surface area contributed by atoms with Crippen molar-refractivity contribution < 1.29 is 36.6 Å². The van der Waals surface area contributed by atoms with Crippen molar-refractivity contribution in [3.63, 3.8) is 0 Å². The van der Waals surface area contributed by atoms with Crippen LogP contribution >= 0.6 is 11.3 Å². The van der Waals surface area contributed by atoms with E-state index in [-0.39, 0.29) is 18.8 Å². The maximum absolute atomic E-state index is 14.5. The molecule has 0 saturated carbocycles. The lowest BCUT2D eigenvalue weighted by molar-refractivity contribution is -0.203. The summed E-state index contributed by atoms with van der Waals surface area (Å²) in [7, 11) is 0. The molecule has 1 atom stereocenters. The first-order chi connectivity index (χ1) is 15.2. The standard InChI is InChI=1S/C21H20F4N2O4S/c22-16-3-1-2-13-10-30-20(17(13)16)4-6-27(7-5-20)9-14(8-15-11-32-12-26-15)18(28)31-19(29)21(23,24)25/h1-3,11-12,14H,4-10H2. The van der Waals surface area contributed by atoms with Gasteiger partial charge in [0.25, 0.3) is 0 Å². The molecule has 0 bridgehead atoms. The van der Waals surface area contributed by atoms with Crippen LogP contribution in [0.4, 0.5) is 17.6 Å². The molecular weight excluding hydrogens is 452 g/mol. The van der Waals surface area contributed by atoms with Crippen molar-refractivity contribution in [1.29, 1.82) is 0 Å². The molecule has 3 heterocycles. The SMILES string of the molecule is O=C(OC(=O)C(F)(F)F)C(Cc1cscn1)CN1CCC2(CC1)OCc1cccc(F)c12. The first kappa shape index (κ1) is 22.8. The molecule has 1 aromatic heterocycles. The molecule has 6 nitrogen and oxygen atoms in total. The fourth-order valence-corrected chi connectivity index (χ4v) is 4.91. The molecule has 2 aliphatic rings. The molecule has 0 radical (unpaired) electrons. The average molecular weight is 472 g/mol. The highest BCUT2D eigenvalue weighted by atomic mass is 32.1. The maximum Gasteiger partial charge on any atom is 0.491 e. The number of carbonyl (C=O) groups excluding carboxylic acids is 2. The van der Waals surface area contributed by atoms with Crippen LogP contribution in [0.15, 0.2) is 29.1 Å². The second-order valence-electron chi connectivity index (χ2n) is 7.94. The Kier molecular flexibility index (Phi) is 6.33. The van der Waals surface area contributed by atoms with Crippen LogP contribution in [0, 0.1) is 11.7 Å². The van der Waals surface area contributed by atoms with Gasteiger partial charge in [0.05, 0.1) is 29.3 Å². The highest BCUT2D eigenvalue weighted by Gasteiger charge is 2.46. The number of hydrogen-bond acceptors (Lipinski definition) is 7. The Bertz CT molecular complexity index is 988. The van der Waals surface area contributed by atoms with Crippen LogP contribution in [0.2, 0.25) is 0 Å². The maximum atomic E-state index is 14.5. The number of alkyl halides is 3. The van der Waals surface area contributed by atoms with Gasteiger partial charge in [0, 0.05) is 37.0 Å². The lowest BCUT2D eigenvalue weighted by Crippen LogP contribution is -2.46. The number of hydrogen-bond donors (Lipinski definition) is 0. The third-order valence-electron chi connectivity index (χ3n) is 5.90. The van der Waals surface area contributed by atoms with Gasteiger partial charge < -0.3 is 14.4 Å². The molecule has 2 aromatic rings. The van der Waals surface area contributed by atoms with Crippen LogP contribution in [-0.2, 0) is 37.7 Å². The number of halogens is 4. The van der Waals surface area contributed by atoms with Gasteiger partial charge in [-0.1, -0.05) is 12.1 Å². The molecule has 1 aromatic carbocycles. The van der Waals surface area contributed by atoms with E-state index in [4.69, 9.17) is 4.74 Å². The summed E-state index contributed by atoms with van der Waals surface area (Å²) in [4.78, 5) is 29.5. The molecule has 1 saturated heterocycles. The van der Waals surface area contributed by atoms with Gasteiger partial charge in [-0.2, -0.15) is 13.2 Å². The number of rotatable bonds is 5. The van der Waals surface area contributed by atoms with Crippen LogP contribution in [0.3, 0.4) is 0 Å². The van der Waals surface area contributed by atoms with Gasteiger partial charge in [-0.15, -0.1) is 11.3 Å². The number of benzene rings is 1. The largest absolute Gasteiger partial charge is 0.491 e. The van der Waals surface area contributed by atoms with Crippen molar-refractivity contribution in [2.45, 2.75) is 37.6 Å². The summed E-state index contributed by atoms with van der Waals surface area (Å²) >= 11 is 1.29. The van der Waals surface area contributed by atoms with Gasteiger partial charge in [-0.3, -0.25) is 4.79 Å². The van der Waals surface area contributed by atoms with Crippen molar-refractivity contribution in [2.24, 2.45) is 5.92 Å². The predicted molar refractivity (Wildman–Crippen MR) is 105 cm³/mol. The zero-order valence-corrected chi connectivity index (χ0v) is 17.7. The number of carbonyl (C=O) groups is 2. The van der Waals surface area contributed by atoms with Crippen molar-refractivity contribution in [1.82, 2.24) is 9.88 Å². The van der Waals surface area contributed by atoms with E-state index >= 15 is 0 Å². The number of likely N-dealkylation sites (tertiary alicyclic amines) is 1. The number of aromatic nitrogens is 1. The minimum absolute atomic E-state index is 0.0447. The number of esters is 2. The molecule has 2 aliphatic heterocycles. The highest BCUT2D eigenvalue weighted by molar-refractivity contribution is 7.07. The molecule has 11 heteroatoms. The van der Waals surface area contributed by atoms with E-state index in [2.05, 4.69) is 9.72 Å². The fourth-order valence-electron chi connectivity index (χ4n) is 4.34. The monoisotopic (exact) mass is 472 g/mol. The third-order valence-corrected chi connectivity index (χ3v) is 6.53. The Morgan fingerprint density at radius 1 is 1.28 bits per heavy atom. The molecule has 0 amide bonds. The number of nitrogens with zero attached hydrogens (tertiary/aromatic N) is 2.